The number of carbonyl (C=O) groups is 1. The van der Waals surface area contributed by atoms with Crippen molar-refractivity contribution in [1.29, 1.82) is 0 Å². The van der Waals surface area contributed by atoms with Crippen molar-refractivity contribution in [3.05, 3.63) is 17.7 Å². The zero-order valence-corrected chi connectivity index (χ0v) is 11.6. The molecule has 1 aromatic rings. The molecule has 2 unspecified atom stereocenters. The Bertz CT molecular complexity index is 516. The number of carbonyl (C=O) groups excluding carboxylic acids is 1. The zero-order valence-electron chi connectivity index (χ0n) is 11.6. The quantitative estimate of drug-likeness (QED) is 0.760. The minimum Gasteiger partial charge on any atom is -0.397 e. The van der Waals surface area contributed by atoms with Crippen LogP contribution in [0.3, 0.4) is 0 Å². The van der Waals surface area contributed by atoms with Crippen molar-refractivity contribution in [2.45, 2.75) is 26.7 Å². The maximum Gasteiger partial charge on any atom is 0.224 e. The Hall–Kier alpha value is -1.71. The predicted octanol–water partition coefficient (Wildman–Crippen LogP) is 2.25. The molecule has 0 aliphatic carbocycles. The van der Waals surface area contributed by atoms with Gasteiger partial charge in [0.2, 0.25) is 5.91 Å². The van der Waals surface area contributed by atoms with Crippen LogP contribution in [-0.2, 0) is 11.2 Å². The van der Waals surface area contributed by atoms with Crippen LogP contribution in [0.2, 0.25) is 0 Å². The molecule has 1 saturated heterocycles. The number of nitrogens with two attached hydrogens (primary N) is 1. The van der Waals surface area contributed by atoms with E-state index in [-0.39, 0.29) is 5.91 Å². The molecule has 0 aromatic heterocycles. The number of nitrogen functional groups attached to an aromatic ring is 1. The van der Waals surface area contributed by atoms with Crippen LogP contribution in [0.15, 0.2) is 12.1 Å². The molecule has 2 aliphatic rings. The lowest BCUT2D eigenvalue weighted by Crippen LogP contribution is -2.23. The average Bonchev–Trinajstić information content (AvgIpc) is 2.69. The number of benzene rings is 1. The topological polar surface area (TPSA) is 58.4 Å². The number of hydrogen-bond acceptors (Lipinski definition) is 3. The van der Waals surface area contributed by atoms with Crippen LogP contribution < -0.4 is 16.0 Å². The van der Waals surface area contributed by atoms with E-state index in [2.05, 4.69) is 24.1 Å². The summed E-state index contributed by atoms with van der Waals surface area (Å²) in [5.41, 5.74) is 10.2. The Balaban J connectivity index is 1.94. The fourth-order valence-corrected chi connectivity index (χ4v) is 3.04. The van der Waals surface area contributed by atoms with Crippen molar-refractivity contribution >= 4 is 23.0 Å². The van der Waals surface area contributed by atoms with Gasteiger partial charge in [-0.15, -0.1) is 0 Å². The number of fused-ring (bicyclic) bond motifs is 1. The van der Waals surface area contributed by atoms with E-state index in [4.69, 9.17) is 5.73 Å². The number of hydrogen-bond donors (Lipinski definition) is 2. The van der Waals surface area contributed by atoms with Gasteiger partial charge in [0.25, 0.3) is 0 Å². The van der Waals surface area contributed by atoms with Crippen molar-refractivity contribution in [2.24, 2.45) is 11.8 Å². The van der Waals surface area contributed by atoms with Gasteiger partial charge in [-0.3, -0.25) is 4.79 Å². The molecule has 0 saturated carbocycles. The maximum atomic E-state index is 11.5. The summed E-state index contributed by atoms with van der Waals surface area (Å²) in [7, 11) is 0. The predicted molar refractivity (Wildman–Crippen MR) is 78.3 cm³/mol. The zero-order chi connectivity index (χ0) is 13.6. The normalized spacial score (nSPS) is 26.2. The van der Waals surface area contributed by atoms with Crippen molar-refractivity contribution in [3.8, 4) is 0 Å². The van der Waals surface area contributed by atoms with Gasteiger partial charge in [-0.2, -0.15) is 0 Å². The first kappa shape index (κ1) is 12.3. The van der Waals surface area contributed by atoms with E-state index in [0.717, 1.165) is 42.1 Å². The second-order valence-electron chi connectivity index (χ2n) is 5.98. The highest BCUT2D eigenvalue weighted by Gasteiger charge is 2.28. The van der Waals surface area contributed by atoms with Crippen LogP contribution in [0.1, 0.15) is 25.8 Å². The summed E-state index contributed by atoms with van der Waals surface area (Å²) >= 11 is 0. The minimum atomic E-state index is 0.103. The molecule has 2 heterocycles. The molecule has 4 nitrogen and oxygen atoms in total. The summed E-state index contributed by atoms with van der Waals surface area (Å²) < 4.78 is 0. The van der Waals surface area contributed by atoms with Crippen molar-refractivity contribution in [1.82, 2.24) is 0 Å². The Kier molecular flexibility index (Phi) is 2.88. The monoisotopic (exact) mass is 259 g/mol. The Morgan fingerprint density at radius 3 is 2.58 bits per heavy atom. The van der Waals surface area contributed by atoms with Gasteiger partial charge in [0.1, 0.15) is 0 Å². The number of nitrogens with zero attached hydrogens (tertiary/aromatic N) is 1. The van der Waals surface area contributed by atoms with E-state index in [1.807, 2.05) is 12.1 Å². The first-order chi connectivity index (χ1) is 9.04. The smallest absolute Gasteiger partial charge is 0.224 e. The van der Waals surface area contributed by atoms with Gasteiger partial charge in [-0.05, 0) is 36.0 Å². The molecule has 0 radical (unpaired) electrons. The summed E-state index contributed by atoms with van der Waals surface area (Å²) in [5, 5.41) is 2.95. The molecule has 2 atom stereocenters. The lowest BCUT2D eigenvalue weighted by molar-refractivity contribution is -0.116. The first-order valence-electron chi connectivity index (χ1n) is 7.02. The fourth-order valence-electron chi connectivity index (χ4n) is 3.04. The number of rotatable bonds is 1. The highest BCUT2D eigenvalue weighted by molar-refractivity contribution is 5.95. The molecular weight excluding hydrogens is 238 g/mol. The second-order valence-corrected chi connectivity index (χ2v) is 5.98. The highest BCUT2D eigenvalue weighted by Crippen LogP contribution is 2.36. The SMILES string of the molecule is CC1CN(c2cc3c(cc2N)CCC(=O)N3)CC1C. The van der Waals surface area contributed by atoms with Gasteiger partial charge in [-0.25, -0.2) is 0 Å². The molecule has 102 valence electrons. The Morgan fingerprint density at radius 1 is 1.21 bits per heavy atom. The number of anilines is 3. The van der Waals surface area contributed by atoms with Gasteiger partial charge in [-0.1, -0.05) is 13.8 Å². The van der Waals surface area contributed by atoms with Gasteiger partial charge in [0, 0.05) is 25.2 Å². The van der Waals surface area contributed by atoms with Crippen molar-refractivity contribution in [2.75, 3.05) is 29.0 Å². The second kappa shape index (κ2) is 4.44. The molecule has 4 heteroatoms. The summed E-state index contributed by atoms with van der Waals surface area (Å²) in [6.07, 6.45) is 1.35. The Labute approximate surface area is 114 Å². The van der Waals surface area contributed by atoms with E-state index in [9.17, 15) is 4.79 Å². The number of nitrogens with one attached hydrogen (secondary N) is 1. The maximum absolute atomic E-state index is 11.5. The average molecular weight is 259 g/mol. The van der Waals surface area contributed by atoms with Crippen LogP contribution in [0.5, 0.6) is 0 Å². The highest BCUT2D eigenvalue weighted by atomic mass is 16.1. The third-order valence-corrected chi connectivity index (χ3v) is 4.48. The summed E-state index contributed by atoms with van der Waals surface area (Å²) in [4.78, 5) is 13.8. The summed E-state index contributed by atoms with van der Waals surface area (Å²) in [6.45, 7) is 6.64. The van der Waals surface area contributed by atoms with Gasteiger partial charge in [0.05, 0.1) is 11.4 Å². The van der Waals surface area contributed by atoms with Crippen LogP contribution in [0.25, 0.3) is 0 Å². The van der Waals surface area contributed by atoms with Crippen LogP contribution >= 0.6 is 0 Å². The van der Waals surface area contributed by atoms with Crippen LogP contribution in [-0.4, -0.2) is 19.0 Å². The van der Waals surface area contributed by atoms with Gasteiger partial charge >= 0.3 is 0 Å². The molecule has 3 N–H and O–H groups in total. The number of amides is 1. The molecule has 3 rings (SSSR count). The standard InChI is InChI=1S/C15H21N3O/c1-9-7-18(8-10(9)2)14-6-13-11(5-12(14)16)3-4-15(19)17-13/h5-6,9-10H,3-4,7-8,16H2,1-2H3,(H,17,19). The molecule has 1 amide bonds. The lowest BCUT2D eigenvalue weighted by Gasteiger charge is -2.25. The summed E-state index contributed by atoms with van der Waals surface area (Å²) in [6, 6.07) is 4.07. The fraction of sp³-hybridized carbons (Fsp3) is 0.533. The van der Waals surface area contributed by atoms with Crippen molar-refractivity contribution in [3.63, 3.8) is 0 Å². The molecule has 1 fully saturated rings. The summed E-state index contributed by atoms with van der Waals surface area (Å²) in [5.74, 6) is 1.47. The van der Waals surface area contributed by atoms with E-state index in [0.29, 0.717) is 18.3 Å². The molecule has 0 bridgehead atoms. The molecule has 19 heavy (non-hydrogen) atoms. The van der Waals surface area contributed by atoms with E-state index >= 15 is 0 Å². The van der Waals surface area contributed by atoms with E-state index in [1.54, 1.807) is 0 Å². The van der Waals surface area contributed by atoms with Crippen LogP contribution in [0, 0.1) is 11.8 Å². The Morgan fingerprint density at radius 2 is 1.89 bits per heavy atom. The molecular formula is C15H21N3O. The third kappa shape index (κ3) is 2.15. The first-order valence-corrected chi connectivity index (χ1v) is 7.02. The van der Waals surface area contributed by atoms with Gasteiger partial charge < -0.3 is 16.0 Å². The largest absolute Gasteiger partial charge is 0.397 e. The number of aryl methyl sites for hydroxylation is 1. The van der Waals surface area contributed by atoms with Crippen LogP contribution in [0.4, 0.5) is 17.1 Å². The van der Waals surface area contributed by atoms with Gasteiger partial charge in [0.15, 0.2) is 0 Å². The van der Waals surface area contributed by atoms with E-state index < -0.39 is 0 Å². The molecule has 1 aromatic carbocycles. The lowest BCUT2D eigenvalue weighted by atomic mass is 10.0. The molecule has 0 spiro atoms. The molecule has 2 aliphatic heterocycles. The minimum absolute atomic E-state index is 0.103. The third-order valence-electron chi connectivity index (χ3n) is 4.48. The van der Waals surface area contributed by atoms with Crippen molar-refractivity contribution < 1.29 is 4.79 Å². The van der Waals surface area contributed by atoms with E-state index in [1.165, 1.54) is 0 Å².